The molecule has 0 bridgehead atoms. The number of imidazole rings is 1. The highest BCUT2D eigenvalue weighted by molar-refractivity contribution is 5.97. The minimum atomic E-state index is -0.735. The van der Waals surface area contributed by atoms with Crippen LogP contribution in [0, 0.1) is 17.0 Å². The fourth-order valence-corrected chi connectivity index (χ4v) is 5.23. The van der Waals surface area contributed by atoms with E-state index in [4.69, 9.17) is 14.5 Å². The number of amides is 2. The Kier molecular flexibility index (Phi) is 9.51. The van der Waals surface area contributed by atoms with Crippen LogP contribution in [-0.2, 0) is 11.3 Å². The minimum Gasteiger partial charge on any atom is -0.486 e. The van der Waals surface area contributed by atoms with E-state index in [0.717, 1.165) is 23.8 Å². The van der Waals surface area contributed by atoms with E-state index in [9.17, 15) is 18.4 Å². The summed E-state index contributed by atoms with van der Waals surface area (Å²) in [6.45, 7) is 14.3. The largest absolute Gasteiger partial charge is 0.486 e. The number of para-hydroxylation sites is 1. The lowest BCUT2D eigenvalue weighted by atomic mass is 9.83. The molecule has 1 aliphatic heterocycles. The number of carbonyl (C=O) groups excluding carboxylic acids is 2. The van der Waals surface area contributed by atoms with E-state index < -0.39 is 40.7 Å². The van der Waals surface area contributed by atoms with Crippen molar-refractivity contribution in [2.75, 3.05) is 13.1 Å². The van der Waals surface area contributed by atoms with Crippen molar-refractivity contribution < 1.29 is 27.8 Å². The molecule has 1 aromatic heterocycles. The Bertz CT molecular complexity index is 1760. The van der Waals surface area contributed by atoms with Gasteiger partial charge in [0.25, 0.3) is 5.91 Å². The normalized spacial score (nSPS) is 14.2. The highest BCUT2D eigenvalue weighted by Gasteiger charge is 2.37. The van der Waals surface area contributed by atoms with Gasteiger partial charge in [0, 0.05) is 23.7 Å². The van der Waals surface area contributed by atoms with Gasteiger partial charge in [0.05, 0.1) is 30.4 Å². The summed E-state index contributed by atoms with van der Waals surface area (Å²) in [7, 11) is 0. The van der Waals surface area contributed by atoms with Crippen LogP contribution in [0.2, 0.25) is 0 Å². The summed E-state index contributed by atoms with van der Waals surface area (Å²) < 4.78 is 42.6. The highest BCUT2D eigenvalue weighted by Crippen LogP contribution is 2.37. The maximum atomic E-state index is 14.9. The topological polar surface area (TPSA) is 85.7 Å². The molecule has 1 saturated heterocycles. The minimum absolute atomic E-state index is 0.0132. The van der Waals surface area contributed by atoms with Gasteiger partial charge in [-0.1, -0.05) is 62.4 Å². The van der Waals surface area contributed by atoms with Crippen molar-refractivity contribution in [1.29, 1.82) is 0 Å². The molecular weight excluding hydrogens is 602 g/mol. The molecule has 1 atom stereocenters. The quantitative estimate of drug-likeness (QED) is 0.181. The van der Waals surface area contributed by atoms with Crippen molar-refractivity contribution in [3.05, 3.63) is 120 Å². The molecule has 1 unspecified atom stereocenters. The molecule has 0 spiro atoms. The molecule has 2 amide bonds. The van der Waals surface area contributed by atoms with Crippen molar-refractivity contribution in [3.63, 3.8) is 0 Å². The van der Waals surface area contributed by atoms with Gasteiger partial charge in [0.1, 0.15) is 34.9 Å². The maximum absolute atomic E-state index is 14.9. The number of rotatable bonds is 10. The number of hydrogen-bond donors (Lipinski definition) is 1. The van der Waals surface area contributed by atoms with E-state index in [0.29, 0.717) is 36.8 Å². The van der Waals surface area contributed by atoms with Gasteiger partial charge in [-0.25, -0.2) is 18.6 Å². The SMILES string of the molecule is C=CC(C)(C)C(NC(=O)c1ccccc1OC1CN(C(=O)OC(C)(C)C)C1)c1nc(-c2cc(F)ccc2F)cn1Cc1ccccc1. The Labute approximate surface area is 274 Å². The van der Waals surface area contributed by atoms with Crippen LogP contribution in [0.15, 0.2) is 91.6 Å². The van der Waals surface area contributed by atoms with Gasteiger partial charge in [-0.2, -0.15) is 0 Å². The number of halogens is 2. The standard InChI is InChI=1S/C37H40F2N4O4/c1-7-37(5,6)32(33-40-30(28-19-25(38)17-18-29(28)39)23-42(33)20-24-13-9-8-10-14-24)41-34(44)27-15-11-12-16-31(27)46-26-21-43(22-26)35(45)47-36(2,3)4/h7-19,23,26,32H,1,20-22H2,2-6H3,(H,41,44). The third-order valence-corrected chi connectivity index (χ3v) is 7.94. The number of nitrogens with zero attached hydrogens (tertiary/aromatic N) is 3. The van der Waals surface area contributed by atoms with Gasteiger partial charge < -0.3 is 24.3 Å². The zero-order chi connectivity index (χ0) is 33.9. The molecular formula is C37H40F2N4O4. The Morgan fingerprint density at radius 3 is 2.38 bits per heavy atom. The van der Waals surface area contributed by atoms with Crippen LogP contribution in [0.25, 0.3) is 11.3 Å². The van der Waals surface area contributed by atoms with E-state index in [1.165, 1.54) is 0 Å². The van der Waals surface area contributed by atoms with Gasteiger partial charge in [0.15, 0.2) is 0 Å². The first kappa shape index (κ1) is 33.4. The number of aromatic nitrogens is 2. The molecule has 3 aromatic carbocycles. The predicted octanol–water partition coefficient (Wildman–Crippen LogP) is 7.56. The third-order valence-electron chi connectivity index (χ3n) is 7.94. The van der Waals surface area contributed by atoms with E-state index in [-0.39, 0.29) is 17.4 Å². The predicted molar refractivity (Wildman–Crippen MR) is 176 cm³/mol. The van der Waals surface area contributed by atoms with Crippen LogP contribution in [-0.4, -0.2) is 51.2 Å². The van der Waals surface area contributed by atoms with Crippen LogP contribution in [0.3, 0.4) is 0 Å². The second-order valence-corrected chi connectivity index (χ2v) is 13.3. The van der Waals surface area contributed by atoms with Gasteiger partial charge in [-0.15, -0.1) is 6.58 Å². The molecule has 0 saturated carbocycles. The number of hydrogen-bond acceptors (Lipinski definition) is 5. The lowest BCUT2D eigenvalue weighted by Gasteiger charge is -2.39. The lowest BCUT2D eigenvalue weighted by molar-refractivity contribution is -0.0223. The van der Waals surface area contributed by atoms with Crippen LogP contribution in [0.1, 0.15) is 62.4 Å². The zero-order valence-electron chi connectivity index (χ0n) is 27.3. The van der Waals surface area contributed by atoms with Crippen molar-refractivity contribution >= 4 is 12.0 Å². The van der Waals surface area contributed by atoms with E-state index >= 15 is 0 Å². The molecule has 4 aromatic rings. The average molecular weight is 643 g/mol. The molecule has 246 valence electrons. The summed E-state index contributed by atoms with van der Waals surface area (Å²) in [6.07, 6.45) is 2.67. The van der Waals surface area contributed by atoms with Crippen LogP contribution in [0.5, 0.6) is 5.75 Å². The Morgan fingerprint density at radius 2 is 1.70 bits per heavy atom. The van der Waals surface area contributed by atoms with E-state index in [2.05, 4.69) is 11.9 Å². The molecule has 0 radical (unpaired) electrons. The summed E-state index contributed by atoms with van der Waals surface area (Å²) >= 11 is 0. The highest BCUT2D eigenvalue weighted by atomic mass is 19.1. The van der Waals surface area contributed by atoms with Crippen molar-refractivity contribution in [3.8, 4) is 17.0 Å². The van der Waals surface area contributed by atoms with Gasteiger partial charge >= 0.3 is 6.09 Å². The molecule has 1 fully saturated rings. The summed E-state index contributed by atoms with van der Waals surface area (Å²) in [4.78, 5) is 32.8. The number of carbonyl (C=O) groups is 2. The second-order valence-electron chi connectivity index (χ2n) is 13.3. The lowest BCUT2D eigenvalue weighted by Crippen LogP contribution is -2.57. The molecule has 8 nitrogen and oxygen atoms in total. The first-order chi connectivity index (χ1) is 22.2. The fraction of sp³-hybridized carbons (Fsp3) is 0.324. The molecule has 0 aliphatic carbocycles. The number of ether oxygens (including phenoxy) is 2. The van der Waals surface area contributed by atoms with Gasteiger partial charge in [0.2, 0.25) is 0 Å². The summed E-state index contributed by atoms with van der Waals surface area (Å²) in [6, 6.07) is 19.0. The Balaban J connectivity index is 1.44. The monoisotopic (exact) mass is 642 g/mol. The Hall–Kier alpha value is -4.99. The van der Waals surface area contributed by atoms with Crippen LogP contribution < -0.4 is 10.1 Å². The second kappa shape index (κ2) is 13.4. The summed E-state index contributed by atoms with van der Waals surface area (Å²) in [5.41, 5.74) is 0.162. The fourth-order valence-electron chi connectivity index (χ4n) is 5.23. The average Bonchev–Trinajstić information content (AvgIpc) is 3.40. The van der Waals surface area contributed by atoms with Crippen molar-refractivity contribution in [2.45, 2.75) is 58.9 Å². The molecule has 1 aliphatic rings. The molecule has 5 rings (SSSR count). The van der Waals surface area contributed by atoms with Crippen LogP contribution in [0.4, 0.5) is 13.6 Å². The zero-order valence-corrected chi connectivity index (χ0v) is 27.3. The summed E-state index contributed by atoms with van der Waals surface area (Å²) in [5.74, 6) is -0.816. The van der Waals surface area contributed by atoms with Gasteiger partial charge in [-0.3, -0.25) is 4.79 Å². The summed E-state index contributed by atoms with van der Waals surface area (Å²) in [5, 5.41) is 3.13. The first-order valence-electron chi connectivity index (χ1n) is 15.5. The van der Waals surface area contributed by atoms with Crippen LogP contribution >= 0.6 is 0 Å². The maximum Gasteiger partial charge on any atom is 0.410 e. The molecule has 2 heterocycles. The number of nitrogens with one attached hydrogen (secondary N) is 1. The molecule has 10 heteroatoms. The number of likely N-dealkylation sites (tertiary alicyclic amines) is 1. The van der Waals surface area contributed by atoms with Crippen molar-refractivity contribution in [1.82, 2.24) is 19.8 Å². The smallest absolute Gasteiger partial charge is 0.410 e. The molecule has 1 N–H and O–H groups in total. The third kappa shape index (κ3) is 7.88. The van der Waals surface area contributed by atoms with Gasteiger partial charge in [-0.05, 0) is 56.7 Å². The van der Waals surface area contributed by atoms with E-state index in [1.807, 2.05) is 69.5 Å². The first-order valence-corrected chi connectivity index (χ1v) is 15.5. The van der Waals surface area contributed by atoms with E-state index in [1.54, 1.807) is 41.4 Å². The Morgan fingerprint density at radius 1 is 1.02 bits per heavy atom. The van der Waals surface area contributed by atoms with Crippen molar-refractivity contribution in [2.24, 2.45) is 5.41 Å². The number of benzene rings is 3. The molecule has 47 heavy (non-hydrogen) atoms.